The molecule has 1 fully saturated rings. The molecule has 0 radical (unpaired) electrons. The van der Waals surface area contributed by atoms with Gasteiger partial charge in [0.2, 0.25) is 0 Å². The van der Waals surface area contributed by atoms with Gasteiger partial charge in [0.05, 0.1) is 5.56 Å². The Hall–Kier alpha value is -4.25. The summed E-state index contributed by atoms with van der Waals surface area (Å²) in [7, 11) is 0. The number of aromatic carboxylic acids is 1. The van der Waals surface area contributed by atoms with Crippen LogP contribution in [0.5, 0.6) is 0 Å². The van der Waals surface area contributed by atoms with Crippen LogP contribution in [0.3, 0.4) is 0 Å². The molecule has 0 aliphatic carbocycles. The molecule has 0 spiro atoms. The molecule has 0 unspecified atom stereocenters. The molecule has 0 atom stereocenters. The van der Waals surface area contributed by atoms with E-state index >= 15 is 0 Å². The zero-order valence-corrected chi connectivity index (χ0v) is 23.0. The Labute approximate surface area is 240 Å². The minimum absolute atomic E-state index is 0.263. The molecule has 0 saturated carbocycles. The van der Waals surface area contributed by atoms with Gasteiger partial charge in [-0.3, -0.25) is 4.99 Å². The minimum atomic E-state index is -5.08. The van der Waals surface area contributed by atoms with E-state index in [1.807, 2.05) is 30.3 Å². The summed E-state index contributed by atoms with van der Waals surface area (Å²) in [5.41, 5.74) is 4.71. The van der Waals surface area contributed by atoms with Crippen molar-refractivity contribution in [1.82, 2.24) is 4.90 Å². The van der Waals surface area contributed by atoms with E-state index in [2.05, 4.69) is 40.2 Å². The maximum absolute atomic E-state index is 11.2. The first-order chi connectivity index (χ1) is 19.4. The summed E-state index contributed by atoms with van der Waals surface area (Å²) in [6.07, 6.45) is -4.23. The highest BCUT2D eigenvalue weighted by Crippen LogP contribution is 2.25. The summed E-state index contributed by atoms with van der Waals surface area (Å²) < 4.78 is 31.7. The van der Waals surface area contributed by atoms with Gasteiger partial charge < -0.3 is 25.3 Å². The molecular weight excluding hydrogens is 561 g/mol. The number of halogens is 4. The zero-order valence-electron chi connectivity index (χ0n) is 22.2. The molecule has 4 rings (SSSR count). The van der Waals surface area contributed by atoms with Crippen LogP contribution in [0.2, 0.25) is 5.02 Å². The molecule has 1 saturated heterocycles. The number of aryl methyl sites for hydroxylation is 1. The summed E-state index contributed by atoms with van der Waals surface area (Å²) in [5.74, 6) is -2.88. The normalized spacial score (nSPS) is 13.7. The van der Waals surface area contributed by atoms with Crippen LogP contribution in [0.15, 0.2) is 77.8 Å². The van der Waals surface area contributed by atoms with E-state index in [9.17, 15) is 23.1 Å². The van der Waals surface area contributed by atoms with E-state index in [0.717, 1.165) is 49.3 Å². The number of alkyl halides is 3. The molecule has 0 bridgehead atoms. The predicted octanol–water partition coefficient (Wildman–Crippen LogP) is 5.81. The molecule has 3 aromatic rings. The molecule has 1 heterocycles. The van der Waals surface area contributed by atoms with Gasteiger partial charge in [0.15, 0.2) is 5.96 Å². The van der Waals surface area contributed by atoms with E-state index in [1.54, 1.807) is 24.3 Å². The lowest BCUT2D eigenvalue weighted by Gasteiger charge is -2.38. The van der Waals surface area contributed by atoms with Crippen molar-refractivity contribution >= 4 is 40.9 Å². The van der Waals surface area contributed by atoms with Crippen LogP contribution in [-0.2, 0) is 11.2 Å². The van der Waals surface area contributed by atoms with E-state index in [4.69, 9.17) is 26.5 Å². The highest BCUT2D eigenvalue weighted by atomic mass is 35.5. The predicted molar refractivity (Wildman–Crippen MR) is 153 cm³/mol. The first-order valence-corrected chi connectivity index (χ1v) is 13.1. The van der Waals surface area contributed by atoms with Gasteiger partial charge in [-0.1, -0.05) is 48.0 Å². The van der Waals surface area contributed by atoms with E-state index in [1.165, 1.54) is 16.8 Å². The van der Waals surface area contributed by atoms with Crippen molar-refractivity contribution in [2.24, 2.45) is 4.99 Å². The fourth-order valence-electron chi connectivity index (χ4n) is 4.06. The largest absolute Gasteiger partial charge is 0.490 e. The van der Waals surface area contributed by atoms with Crippen molar-refractivity contribution in [1.29, 1.82) is 0 Å². The van der Waals surface area contributed by atoms with Gasteiger partial charge in [-0.15, -0.1) is 0 Å². The van der Waals surface area contributed by atoms with Crippen molar-refractivity contribution in [2.75, 3.05) is 42.9 Å². The highest BCUT2D eigenvalue weighted by molar-refractivity contribution is 6.30. The number of rotatable bonds is 6. The maximum Gasteiger partial charge on any atom is 0.490 e. The molecule has 3 N–H and O–H groups in total. The monoisotopic (exact) mass is 590 g/mol. The van der Waals surface area contributed by atoms with E-state index in [-0.39, 0.29) is 5.56 Å². The molecular formula is C29H30ClF3N4O4. The first-order valence-electron chi connectivity index (χ1n) is 12.7. The molecule has 0 amide bonds. The number of benzene rings is 3. The van der Waals surface area contributed by atoms with Crippen LogP contribution >= 0.6 is 11.6 Å². The number of aliphatic imine (C=N–C) groups is 1. The number of hydrogen-bond donors (Lipinski definition) is 3. The number of nitrogens with one attached hydrogen (secondary N) is 1. The third-order valence-corrected chi connectivity index (χ3v) is 6.46. The van der Waals surface area contributed by atoms with Crippen LogP contribution in [-0.4, -0.2) is 71.9 Å². The third-order valence-electron chi connectivity index (χ3n) is 6.23. The van der Waals surface area contributed by atoms with Crippen molar-refractivity contribution in [2.45, 2.75) is 19.5 Å². The zero-order chi connectivity index (χ0) is 30.0. The molecule has 1 aliphatic rings. The molecule has 0 aromatic heterocycles. The Morgan fingerprint density at radius 2 is 1.56 bits per heavy atom. The van der Waals surface area contributed by atoms with Gasteiger partial charge in [0.25, 0.3) is 0 Å². The van der Waals surface area contributed by atoms with Gasteiger partial charge in [-0.25, -0.2) is 9.59 Å². The quantitative estimate of drug-likeness (QED) is 0.246. The molecule has 41 heavy (non-hydrogen) atoms. The van der Waals surface area contributed by atoms with Crippen molar-refractivity contribution in [3.8, 4) is 0 Å². The Morgan fingerprint density at radius 3 is 2.12 bits per heavy atom. The number of guanidine groups is 1. The highest BCUT2D eigenvalue weighted by Gasteiger charge is 2.38. The standard InChI is InChI=1S/C27H29ClN4O2.C2HF3O2/c1-20-7-10-23(28)19-25(20)31-15-17-32(18-16-31)27(29-14-13-21-5-3-2-4-6-21)30-24-11-8-22(9-12-24)26(33)34;3-2(4,5)1(6)7/h2-12,19H,13-18H2,1H3,(H,29,30)(H,33,34);(H,6,7). The Bertz CT molecular complexity index is 1340. The van der Waals surface area contributed by atoms with Crippen molar-refractivity contribution in [3.63, 3.8) is 0 Å². The fraction of sp³-hybridized carbons (Fsp3) is 0.276. The summed E-state index contributed by atoms with van der Waals surface area (Å²) in [5, 5.41) is 20.5. The first kappa shape index (κ1) is 31.3. The Balaban J connectivity index is 0.000000587. The van der Waals surface area contributed by atoms with Crippen molar-refractivity contribution < 1.29 is 33.0 Å². The molecule has 218 valence electrons. The van der Waals surface area contributed by atoms with Gasteiger partial charge >= 0.3 is 18.1 Å². The molecule has 8 nitrogen and oxygen atoms in total. The van der Waals surface area contributed by atoms with Crippen LogP contribution < -0.4 is 10.2 Å². The second kappa shape index (κ2) is 14.4. The molecule has 3 aromatic carbocycles. The number of piperazine rings is 1. The summed E-state index contributed by atoms with van der Waals surface area (Å²) in [6, 6.07) is 23.1. The average molecular weight is 591 g/mol. The number of carboxylic acid groups (broad SMARTS) is 2. The van der Waals surface area contributed by atoms with Gasteiger partial charge in [0, 0.05) is 49.1 Å². The topological polar surface area (TPSA) is 105 Å². The number of nitrogens with zero attached hydrogens (tertiary/aromatic N) is 3. The van der Waals surface area contributed by atoms with E-state index < -0.39 is 18.1 Å². The number of hydrogen-bond acceptors (Lipinski definition) is 4. The number of aliphatic carboxylic acids is 1. The number of carbonyl (C=O) groups is 2. The average Bonchev–Trinajstić information content (AvgIpc) is 2.94. The fourth-order valence-corrected chi connectivity index (χ4v) is 4.23. The van der Waals surface area contributed by atoms with Crippen molar-refractivity contribution in [3.05, 3.63) is 94.5 Å². The van der Waals surface area contributed by atoms with Gasteiger partial charge in [0.1, 0.15) is 0 Å². The van der Waals surface area contributed by atoms with Crippen LogP contribution in [0, 0.1) is 6.92 Å². The van der Waals surface area contributed by atoms with Gasteiger partial charge in [-0.05, 0) is 60.9 Å². The molecule has 12 heteroatoms. The van der Waals surface area contributed by atoms with Crippen LogP contribution in [0.1, 0.15) is 21.5 Å². The summed E-state index contributed by atoms with van der Waals surface area (Å²) in [6.45, 7) is 6.12. The van der Waals surface area contributed by atoms with Crippen LogP contribution in [0.25, 0.3) is 0 Å². The Kier molecular flexibility index (Phi) is 11.0. The van der Waals surface area contributed by atoms with Crippen LogP contribution in [0.4, 0.5) is 24.5 Å². The summed E-state index contributed by atoms with van der Waals surface area (Å²) in [4.78, 5) is 29.6. The number of carboxylic acids is 2. The van der Waals surface area contributed by atoms with Gasteiger partial charge in [-0.2, -0.15) is 13.2 Å². The lowest BCUT2D eigenvalue weighted by molar-refractivity contribution is -0.192. The second-order valence-corrected chi connectivity index (χ2v) is 9.59. The number of anilines is 2. The third kappa shape index (κ3) is 9.71. The SMILES string of the molecule is Cc1ccc(Cl)cc1N1CCN(C(=NCCc2ccccc2)Nc2ccc(C(=O)O)cc2)CC1.O=C(O)C(F)(F)F. The lowest BCUT2D eigenvalue weighted by Crippen LogP contribution is -2.51. The smallest absolute Gasteiger partial charge is 0.478 e. The summed E-state index contributed by atoms with van der Waals surface area (Å²) >= 11 is 6.24. The van der Waals surface area contributed by atoms with E-state index in [0.29, 0.717) is 6.54 Å². The minimum Gasteiger partial charge on any atom is -0.478 e. The second-order valence-electron chi connectivity index (χ2n) is 9.16. The maximum atomic E-state index is 11.2. The molecule has 1 aliphatic heterocycles. The Morgan fingerprint density at radius 1 is 0.951 bits per heavy atom. The lowest BCUT2D eigenvalue weighted by atomic mass is 10.1.